The first-order chi connectivity index (χ1) is 6.98. The highest BCUT2D eigenvalue weighted by molar-refractivity contribution is 7.91. The van der Waals surface area contributed by atoms with E-state index in [2.05, 4.69) is 26.1 Å². The molecule has 0 amide bonds. The molecule has 0 bridgehead atoms. The molecule has 0 saturated heterocycles. The van der Waals surface area contributed by atoms with E-state index < -0.39 is 9.84 Å². The Hall–Kier alpha value is -0.0900. The second kappa shape index (κ2) is 8.11. The highest BCUT2D eigenvalue weighted by Gasteiger charge is 2.09. The first-order valence-electron chi connectivity index (χ1n) is 5.91. The zero-order chi connectivity index (χ0) is 11.7. The molecule has 0 rings (SSSR count). The summed E-state index contributed by atoms with van der Waals surface area (Å²) in [5, 5.41) is 3.22. The standard InChI is InChI=1S/C11H25NO2S/c1-4-5-6-9-15(13,14)10-7-8-12-11(2)3/h11-12H,4-10H2,1-3H3. The van der Waals surface area contributed by atoms with Crippen LogP contribution in [0.1, 0.15) is 46.5 Å². The number of hydrogen-bond acceptors (Lipinski definition) is 3. The van der Waals surface area contributed by atoms with Crippen molar-refractivity contribution in [1.29, 1.82) is 0 Å². The summed E-state index contributed by atoms with van der Waals surface area (Å²) in [6, 6.07) is 0.438. The van der Waals surface area contributed by atoms with Crippen molar-refractivity contribution in [3.8, 4) is 0 Å². The molecule has 0 fully saturated rings. The van der Waals surface area contributed by atoms with Gasteiger partial charge in [0.15, 0.2) is 0 Å². The van der Waals surface area contributed by atoms with Gasteiger partial charge >= 0.3 is 0 Å². The Labute approximate surface area is 94.6 Å². The highest BCUT2D eigenvalue weighted by atomic mass is 32.2. The van der Waals surface area contributed by atoms with Crippen molar-refractivity contribution >= 4 is 9.84 Å². The topological polar surface area (TPSA) is 46.2 Å². The van der Waals surface area contributed by atoms with Crippen molar-refractivity contribution in [2.45, 2.75) is 52.5 Å². The molecule has 92 valence electrons. The predicted molar refractivity (Wildman–Crippen MR) is 65.9 cm³/mol. The maximum absolute atomic E-state index is 11.5. The van der Waals surface area contributed by atoms with Gasteiger partial charge in [0, 0.05) is 6.04 Å². The van der Waals surface area contributed by atoms with Gasteiger partial charge in [-0.25, -0.2) is 8.42 Å². The molecule has 0 aliphatic carbocycles. The van der Waals surface area contributed by atoms with Crippen LogP contribution in [0, 0.1) is 0 Å². The lowest BCUT2D eigenvalue weighted by atomic mass is 10.3. The Morgan fingerprint density at radius 3 is 2.20 bits per heavy atom. The molecule has 4 heteroatoms. The number of rotatable bonds is 9. The largest absolute Gasteiger partial charge is 0.314 e. The van der Waals surface area contributed by atoms with Crippen LogP contribution >= 0.6 is 0 Å². The van der Waals surface area contributed by atoms with Gasteiger partial charge in [0.05, 0.1) is 11.5 Å². The molecule has 3 nitrogen and oxygen atoms in total. The van der Waals surface area contributed by atoms with Gasteiger partial charge < -0.3 is 5.32 Å². The molecule has 0 saturated carbocycles. The maximum Gasteiger partial charge on any atom is 0.150 e. The smallest absolute Gasteiger partial charge is 0.150 e. The normalized spacial score (nSPS) is 12.3. The summed E-state index contributed by atoms with van der Waals surface area (Å²) in [5.74, 6) is 0.693. The molecule has 0 heterocycles. The summed E-state index contributed by atoms with van der Waals surface area (Å²) < 4.78 is 23.0. The zero-order valence-corrected chi connectivity index (χ0v) is 11.1. The molecule has 0 aliphatic heterocycles. The lowest BCUT2D eigenvalue weighted by molar-refractivity contribution is 0.566. The van der Waals surface area contributed by atoms with Crippen molar-refractivity contribution in [1.82, 2.24) is 5.32 Å². The van der Waals surface area contributed by atoms with Gasteiger partial charge in [-0.2, -0.15) is 0 Å². The van der Waals surface area contributed by atoms with E-state index in [1.165, 1.54) is 0 Å². The molecule has 1 N–H and O–H groups in total. The summed E-state index contributed by atoms with van der Waals surface area (Å²) >= 11 is 0. The molecule has 0 unspecified atom stereocenters. The van der Waals surface area contributed by atoms with E-state index in [-0.39, 0.29) is 0 Å². The zero-order valence-electron chi connectivity index (χ0n) is 10.3. The SMILES string of the molecule is CCCCCS(=O)(=O)CCCNC(C)C. The Morgan fingerprint density at radius 2 is 1.67 bits per heavy atom. The third kappa shape index (κ3) is 10.2. The van der Waals surface area contributed by atoms with Crippen LogP contribution in [0.3, 0.4) is 0 Å². The van der Waals surface area contributed by atoms with E-state index >= 15 is 0 Å². The van der Waals surface area contributed by atoms with E-state index in [0.717, 1.165) is 32.2 Å². The minimum atomic E-state index is -2.79. The average molecular weight is 235 g/mol. The number of nitrogens with one attached hydrogen (secondary N) is 1. The van der Waals surface area contributed by atoms with Crippen molar-refractivity contribution < 1.29 is 8.42 Å². The molecular formula is C11H25NO2S. The number of unbranched alkanes of at least 4 members (excludes halogenated alkanes) is 2. The Morgan fingerprint density at radius 1 is 1.07 bits per heavy atom. The fourth-order valence-corrected chi connectivity index (χ4v) is 2.79. The summed E-state index contributed by atoms with van der Waals surface area (Å²) in [5.41, 5.74) is 0. The molecule has 0 aromatic heterocycles. The summed E-state index contributed by atoms with van der Waals surface area (Å²) in [6.07, 6.45) is 3.64. The van der Waals surface area contributed by atoms with Gasteiger partial charge in [0.2, 0.25) is 0 Å². The Bertz CT molecular complexity index is 235. The van der Waals surface area contributed by atoms with Crippen molar-refractivity contribution in [2.75, 3.05) is 18.1 Å². The van der Waals surface area contributed by atoms with Crippen LogP contribution in [-0.4, -0.2) is 32.5 Å². The van der Waals surface area contributed by atoms with E-state index in [4.69, 9.17) is 0 Å². The average Bonchev–Trinajstić information content (AvgIpc) is 2.13. The second-order valence-electron chi connectivity index (χ2n) is 4.32. The van der Waals surface area contributed by atoms with Gasteiger partial charge in [-0.15, -0.1) is 0 Å². The molecule has 15 heavy (non-hydrogen) atoms. The van der Waals surface area contributed by atoms with Crippen LogP contribution in [0.15, 0.2) is 0 Å². The Balaban J connectivity index is 3.56. The van der Waals surface area contributed by atoms with Crippen molar-refractivity contribution in [2.24, 2.45) is 0 Å². The van der Waals surface area contributed by atoms with E-state index in [1.807, 2.05) is 0 Å². The first kappa shape index (κ1) is 14.9. The molecule has 0 atom stereocenters. The van der Waals surface area contributed by atoms with E-state index in [1.54, 1.807) is 0 Å². The molecule has 0 radical (unpaired) electrons. The predicted octanol–water partition coefficient (Wildman–Crippen LogP) is 1.98. The third-order valence-electron chi connectivity index (χ3n) is 2.24. The van der Waals surface area contributed by atoms with Crippen molar-refractivity contribution in [3.05, 3.63) is 0 Å². The summed E-state index contributed by atoms with van der Waals surface area (Å²) in [4.78, 5) is 0. The van der Waals surface area contributed by atoms with Gasteiger partial charge in [-0.3, -0.25) is 0 Å². The first-order valence-corrected chi connectivity index (χ1v) is 7.74. The lowest BCUT2D eigenvalue weighted by Gasteiger charge is -2.08. The minimum absolute atomic E-state index is 0.330. The van der Waals surface area contributed by atoms with Gasteiger partial charge in [-0.05, 0) is 19.4 Å². The molecule has 0 aromatic carbocycles. The molecular weight excluding hydrogens is 210 g/mol. The van der Waals surface area contributed by atoms with Crippen molar-refractivity contribution in [3.63, 3.8) is 0 Å². The molecule has 0 spiro atoms. The van der Waals surface area contributed by atoms with Crippen LogP contribution in [0.4, 0.5) is 0 Å². The highest BCUT2D eigenvalue weighted by Crippen LogP contribution is 2.01. The van der Waals surface area contributed by atoms with Gasteiger partial charge in [0.25, 0.3) is 0 Å². The van der Waals surface area contributed by atoms with Gasteiger partial charge in [-0.1, -0.05) is 33.6 Å². The van der Waals surface area contributed by atoms with Crippen LogP contribution < -0.4 is 5.32 Å². The summed E-state index contributed by atoms with van der Waals surface area (Å²) in [6.45, 7) is 7.01. The second-order valence-corrected chi connectivity index (χ2v) is 6.62. The fraction of sp³-hybridized carbons (Fsp3) is 1.00. The minimum Gasteiger partial charge on any atom is -0.314 e. The molecule has 0 aromatic rings. The Kier molecular flexibility index (Phi) is 8.06. The van der Waals surface area contributed by atoms with E-state index in [0.29, 0.717) is 17.5 Å². The quantitative estimate of drug-likeness (QED) is 0.622. The van der Waals surface area contributed by atoms with Crippen LogP contribution in [0.5, 0.6) is 0 Å². The number of hydrogen-bond donors (Lipinski definition) is 1. The van der Waals surface area contributed by atoms with E-state index in [9.17, 15) is 8.42 Å². The van der Waals surface area contributed by atoms with Gasteiger partial charge in [0.1, 0.15) is 9.84 Å². The summed E-state index contributed by atoms with van der Waals surface area (Å²) in [7, 11) is -2.79. The van der Waals surface area contributed by atoms with Crippen LogP contribution in [0.2, 0.25) is 0 Å². The third-order valence-corrected chi connectivity index (χ3v) is 4.06. The van der Waals surface area contributed by atoms with Crippen LogP contribution in [-0.2, 0) is 9.84 Å². The lowest BCUT2D eigenvalue weighted by Crippen LogP contribution is -2.25. The maximum atomic E-state index is 11.5. The monoisotopic (exact) mass is 235 g/mol. The molecule has 0 aliphatic rings. The number of sulfone groups is 1. The fourth-order valence-electron chi connectivity index (χ4n) is 1.36. The van der Waals surface area contributed by atoms with Crippen LogP contribution in [0.25, 0.3) is 0 Å².